The van der Waals surface area contributed by atoms with Gasteiger partial charge in [0.05, 0.1) is 10.4 Å². The van der Waals surface area contributed by atoms with E-state index < -0.39 is 23.0 Å². The number of H-pyrrole nitrogens is 1. The van der Waals surface area contributed by atoms with Crippen molar-refractivity contribution in [3.63, 3.8) is 0 Å². The zero-order valence-corrected chi connectivity index (χ0v) is 15.5. The Balaban J connectivity index is 1.59. The van der Waals surface area contributed by atoms with Gasteiger partial charge in [-0.3, -0.25) is 4.79 Å². The third kappa shape index (κ3) is 2.92. The van der Waals surface area contributed by atoms with Crippen molar-refractivity contribution in [2.24, 2.45) is 0 Å². The maximum absolute atomic E-state index is 14.1. The molecule has 0 amide bonds. The molecule has 0 saturated carbocycles. The number of ketones is 1. The fraction of sp³-hybridized carbons (Fsp3) is 0. The van der Waals surface area contributed by atoms with Gasteiger partial charge in [0.1, 0.15) is 17.3 Å². The predicted molar refractivity (Wildman–Crippen MR) is 104 cm³/mol. The Bertz CT molecular complexity index is 1340. The Labute approximate surface area is 166 Å². The van der Waals surface area contributed by atoms with Crippen LogP contribution in [-0.4, -0.2) is 30.5 Å². The number of hydrogen-bond acceptors (Lipinski definition) is 5. The number of pyridine rings is 1. The standard InChI is InChI=1S/C20H11F2N5OS/c21-14-3-1-4-15(22)17(14)18(28)13-9-24-19-12(13)7-11(8-23-19)16-10-25-20(29-16)27-6-2-5-26-27/h1-10H,(H,23,24). The van der Waals surface area contributed by atoms with E-state index in [0.29, 0.717) is 16.2 Å². The van der Waals surface area contributed by atoms with Crippen molar-refractivity contribution in [1.82, 2.24) is 24.7 Å². The molecule has 0 unspecified atom stereocenters. The Morgan fingerprint density at radius 2 is 1.93 bits per heavy atom. The molecule has 0 aliphatic carbocycles. The monoisotopic (exact) mass is 407 g/mol. The van der Waals surface area contributed by atoms with Gasteiger partial charge in [-0.05, 0) is 24.3 Å². The molecule has 4 aromatic heterocycles. The summed E-state index contributed by atoms with van der Waals surface area (Å²) in [5.74, 6) is -2.55. The van der Waals surface area contributed by atoms with Crippen LogP contribution in [0.2, 0.25) is 0 Å². The summed E-state index contributed by atoms with van der Waals surface area (Å²) in [5.41, 5.74) is 0.745. The molecule has 5 rings (SSSR count). The fourth-order valence-electron chi connectivity index (χ4n) is 3.06. The number of carbonyl (C=O) groups is 1. The van der Waals surface area contributed by atoms with Gasteiger partial charge >= 0.3 is 0 Å². The van der Waals surface area contributed by atoms with Crippen LogP contribution in [0.5, 0.6) is 0 Å². The number of nitrogens with one attached hydrogen (secondary N) is 1. The molecule has 29 heavy (non-hydrogen) atoms. The van der Waals surface area contributed by atoms with E-state index >= 15 is 0 Å². The highest BCUT2D eigenvalue weighted by Crippen LogP contribution is 2.31. The molecule has 0 aliphatic heterocycles. The largest absolute Gasteiger partial charge is 0.345 e. The first kappa shape index (κ1) is 17.4. The number of nitrogens with zero attached hydrogens (tertiary/aromatic N) is 4. The van der Waals surface area contributed by atoms with Gasteiger partial charge in [0.15, 0.2) is 0 Å². The van der Waals surface area contributed by atoms with Gasteiger partial charge in [0.2, 0.25) is 10.9 Å². The van der Waals surface area contributed by atoms with Crippen molar-refractivity contribution in [2.75, 3.05) is 0 Å². The molecule has 0 aliphatic rings. The van der Waals surface area contributed by atoms with Crippen molar-refractivity contribution in [3.05, 3.63) is 84.1 Å². The lowest BCUT2D eigenvalue weighted by Gasteiger charge is -2.04. The second-order valence-electron chi connectivity index (χ2n) is 6.21. The highest BCUT2D eigenvalue weighted by atomic mass is 32.1. The van der Waals surface area contributed by atoms with Gasteiger partial charge < -0.3 is 4.98 Å². The lowest BCUT2D eigenvalue weighted by atomic mass is 10.0. The minimum Gasteiger partial charge on any atom is -0.345 e. The van der Waals surface area contributed by atoms with Crippen LogP contribution in [0.1, 0.15) is 15.9 Å². The van der Waals surface area contributed by atoms with E-state index in [1.807, 2.05) is 0 Å². The Morgan fingerprint density at radius 1 is 1.10 bits per heavy atom. The molecule has 0 radical (unpaired) electrons. The number of aromatic nitrogens is 5. The van der Waals surface area contributed by atoms with E-state index in [2.05, 4.69) is 20.1 Å². The first-order valence-corrected chi connectivity index (χ1v) is 9.35. The van der Waals surface area contributed by atoms with Crippen molar-refractivity contribution >= 4 is 28.2 Å². The maximum Gasteiger partial charge on any atom is 0.210 e. The molecule has 0 bridgehead atoms. The zero-order valence-electron chi connectivity index (χ0n) is 14.6. The fourth-order valence-corrected chi connectivity index (χ4v) is 3.90. The molecule has 1 N–H and O–H groups in total. The van der Waals surface area contributed by atoms with Crippen molar-refractivity contribution in [3.8, 4) is 15.6 Å². The number of hydrogen-bond donors (Lipinski definition) is 1. The lowest BCUT2D eigenvalue weighted by molar-refractivity contribution is 0.103. The second-order valence-corrected chi connectivity index (χ2v) is 7.22. The van der Waals surface area contributed by atoms with Crippen molar-refractivity contribution < 1.29 is 13.6 Å². The Hall–Kier alpha value is -3.72. The molecule has 0 saturated heterocycles. The van der Waals surface area contributed by atoms with E-state index in [1.54, 1.807) is 41.6 Å². The van der Waals surface area contributed by atoms with Crippen LogP contribution in [0.4, 0.5) is 8.78 Å². The van der Waals surface area contributed by atoms with Crippen molar-refractivity contribution in [2.45, 2.75) is 0 Å². The Kier molecular flexibility index (Phi) is 4.02. The molecule has 142 valence electrons. The van der Waals surface area contributed by atoms with Gasteiger partial charge in [-0.15, -0.1) is 0 Å². The number of aromatic amines is 1. The average molecular weight is 407 g/mol. The third-order valence-corrected chi connectivity index (χ3v) is 5.48. The minimum absolute atomic E-state index is 0.148. The minimum atomic E-state index is -0.903. The van der Waals surface area contributed by atoms with Gasteiger partial charge in [-0.1, -0.05) is 17.4 Å². The van der Waals surface area contributed by atoms with Crippen LogP contribution >= 0.6 is 11.3 Å². The van der Waals surface area contributed by atoms with Crippen LogP contribution in [0, 0.1) is 11.6 Å². The van der Waals surface area contributed by atoms with E-state index in [4.69, 9.17) is 0 Å². The zero-order chi connectivity index (χ0) is 20.0. The first-order chi connectivity index (χ1) is 14.1. The topological polar surface area (TPSA) is 76.5 Å². The van der Waals surface area contributed by atoms with Gasteiger partial charge in [-0.25, -0.2) is 23.4 Å². The number of benzene rings is 1. The second kappa shape index (κ2) is 6.71. The van der Waals surface area contributed by atoms with Crippen molar-refractivity contribution in [1.29, 1.82) is 0 Å². The molecule has 9 heteroatoms. The van der Waals surface area contributed by atoms with E-state index in [1.165, 1.54) is 23.6 Å². The van der Waals surface area contributed by atoms with Crippen LogP contribution in [-0.2, 0) is 0 Å². The van der Waals surface area contributed by atoms with Gasteiger partial charge in [0, 0.05) is 47.5 Å². The quantitative estimate of drug-likeness (QED) is 0.449. The van der Waals surface area contributed by atoms with Gasteiger partial charge in [-0.2, -0.15) is 5.10 Å². The van der Waals surface area contributed by atoms with Gasteiger partial charge in [0.25, 0.3) is 0 Å². The maximum atomic E-state index is 14.1. The number of thiazole rings is 1. The summed E-state index contributed by atoms with van der Waals surface area (Å²) in [7, 11) is 0. The molecule has 0 atom stereocenters. The van der Waals surface area contributed by atoms with Crippen LogP contribution in [0.25, 0.3) is 26.6 Å². The van der Waals surface area contributed by atoms with E-state index in [0.717, 1.165) is 22.6 Å². The van der Waals surface area contributed by atoms with Crippen LogP contribution in [0.3, 0.4) is 0 Å². The summed E-state index contributed by atoms with van der Waals surface area (Å²) >= 11 is 1.40. The number of fused-ring (bicyclic) bond motifs is 1. The smallest absolute Gasteiger partial charge is 0.210 e. The molecule has 6 nitrogen and oxygen atoms in total. The average Bonchev–Trinajstić information content (AvgIpc) is 3.46. The number of carbonyl (C=O) groups excluding carboxylic acids is 1. The Morgan fingerprint density at radius 3 is 2.69 bits per heavy atom. The number of halogens is 2. The predicted octanol–water partition coefficient (Wildman–Crippen LogP) is 4.38. The summed E-state index contributed by atoms with van der Waals surface area (Å²) in [4.78, 5) is 25.2. The van der Waals surface area contributed by atoms with E-state index in [-0.39, 0.29) is 5.56 Å². The molecular formula is C20H11F2N5OS. The normalized spacial score (nSPS) is 11.2. The SMILES string of the molecule is O=C(c1c(F)cccc1F)c1c[nH]c2ncc(-c3cnc(-n4cccn4)s3)cc12. The summed E-state index contributed by atoms with van der Waals surface area (Å²) in [6, 6.07) is 6.89. The lowest BCUT2D eigenvalue weighted by Crippen LogP contribution is -2.06. The third-order valence-electron chi connectivity index (χ3n) is 4.44. The molecule has 1 aromatic carbocycles. The van der Waals surface area contributed by atoms with E-state index in [9.17, 15) is 13.6 Å². The molecule has 0 fully saturated rings. The summed E-state index contributed by atoms with van der Waals surface area (Å²) < 4.78 is 29.8. The molecule has 4 heterocycles. The summed E-state index contributed by atoms with van der Waals surface area (Å²) in [6.45, 7) is 0. The molecular weight excluding hydrogens is 396 g/mol. The highest BCUT2D eigenvalue weighted by molar-refractivity contribution is 7.17. The van der Waals surface area contributed by atoms with Crippen LogP contribution < -0.4 is 0 Å². The molecule has 0 spiro atoms. The first-order valence-electron chi connectivity index (χ1n) is 8.54. The summed E-state index contributed by atoms with van der Waals surface area (Å²) in [6.07, 6.45) is 8.20. The summed E-state index contributed by atoms with van der Waals surface area (Å²) in [5, 5.41) is 5.31. The number of rotatable bonds is 4. The molecule has 5 aromatic rings. The van der Waals surface area contributed by atoms with Crippen LogP contribution in [0.15, 0.2) is 61.3 Å². The highest BCUT2D eigenvalue weighted by Gasteiger charge is 2.22.